The van der Waals surface area contributed by atoms with E-state index in [0.717, 1.165) is 0 Å². The Balaban J connectivity index is 1.63. The third-order valence-corrected chi connectivity index (χ3v) is 5.15. The van der Waals surface area contributed by atoms with E-state index in [-0.39, 0.29) is 18.1 Å². The number of hydrogen-bond acceptors (Lipinski definition) is 8. The maximum absolute atomic E-state index is 12.2. The third kappa shape index (κ3) is 6.25. The molecule has 2 amide bonds. The van der Waals surface area contributed by atoms with Crippen molar-refractivity contribution in [1.82, 2.24) is 25.3 Å². The van der Waals surface area contributed by atoms with Gasteiger partial charge in [0.05, 0.1) is 25.2 Å². The molecular weight excluding hydrogens is 436 g/mol. The third-order valence-electron chi connectivity index (χ3n) is 4.96. The van der Waals surface area contributed by atoms with Crippen LogP contribution in [0.25, 0.3) is 11.3 Å². The number of ether oxygens (including phenoxy) is 2. The van der Waals surface area contributed by atoms with E-state index in [2.05, 4.69) is 25.3 Å². The van der Waals surface area contributed by atoms with Crippen LogP contribution in [0.15, 0.2) is 24.8 Å². The van der Waals surface area contributed by atoms with E-state index in [4.69, 9.17) is 21.1 Å². The van der Waals surface area contributed by atoms with Gasteiger partial charge in [-0.05, 0) is 58.1 Å². The fourth-order valence-electron chi connectivity index (χ4n) is 3.52. The first-order chi connectivity index (χ1) is 15.2. The van der Waals surface area contributed by atoms with Gasteiger partial charge in [-0.1, -0.05) is 0 Å². The van der Waals surface area contributed by atoms with E-state index in [1.54, 1.807) is 18.6 Å². The number of rotatable bonds is 5. The number of carbonyl (C=O) groups is 2. The van der Waals surface area contributed by atoms with Gasteiger partial charge in [-0.25, -0.2) is 19.7 Å². The Hall–Kier alpha value is -3.01. The van der Waals surface area contributed by atoms with E-state index in [9.17, 15) is 9.59 Å². The molecule has 2 heterocycles. The molecule has 0 spiro atoms. The molecule has 11 heteroatoms. The molecule has 0 aliphatic heterocycles. The summed E-state index contributed by atoms with van der Waals surface area (Å²) in [5.74, 6) is 0.367. The monoisotopic (exact) mass is 462 g/mol. The van der Waals surface area contributed by atoms with Gasteiger partial charge in [-0.3, -0.25) is 14.7 Å². The van der Waals surface area contributed by atoms with E-state index < -0.39 is 17.1 Å². The molecule has 1 N–H and O–H groups in total. The van der Waals surface area contributed by atoms with Crippen molar-refractivity contribution in [2.24, 2.45) is 0 Å². The van der Waals surface area contributed by atoms with E-state index in [0.29, 0.717) is 42.8 Å². The molecule has 0 aromatic carbocycles. The number of nitrogens with one attached hydrogen (secondary N) is 1. The van der Waals surface area contributed by atoms with Crippen molar-refractivity contribution in [2.75, 3.05) is 12.0 Å². The standard InChI is InChI=1S/C21H27ClN6O4/c1-21(2,3)32-20(30)27-14-5-7-15(8-6-14)28(18(22)29)17-12-23-16(11-24-17)13-9-25-19(31-4)26-10-13/h9-12,14-15H,5-8H2,1-4H3,(H,27,30)/t14-,15-. The molecule has 0 saturated heterocycles. The first-order valence-corrected chi connectivity index (χ1v) is 10.7. The number of amides is 2. The molecule has 1 saturated carbocycles. The number of hydrogen-bond donors (Lipinski definition) is 1. The predicted octanol–water partition coefficient (Wildman–Crippen LogP) is 3.94. The lowest BCUT2D eigenvalue weighted by molar-refractivity contribution is 0.0491. The van der Waals surface area contributed by atoms with Gasteiger partial charge in [0.2, 0.25) is 0 Å². The smallest absolute Gasteiger partial charge is 0.407 e. The number of halogens is 1. The summed E-state index contributed by atoms with van der Waals surface area (Å²) >= 11 is 5.89. The van der Waals surface area contributed by atoms with E-state index >= 15 is 0 Å². The van der Waals surface area contributed by atoms with Gasteiger partial charge in [-0.15, -0.1) is 0 Å². The van der Waals surface area contributed by atoms with Crippen LogP contribution in [0.3, 0.4) is 0 Å². The van der Waals surface area contributed by atoms with Crippen LogP contribution < -0.4 is 15.0 Å². The largest absolute Gasteiger partial charge is 0.467 e. The van der Waals surface area contributed by atoms with Crippen LogP contribution in [-0.2, 0) is 4.74 Å². The van der Waals surface area contributed by atoms with Crippen LogP contribution in [0, 0.1) is 0 Å². The van der Waals surface area contributed by atoms with Crippen molar-refractivity contribution in [3.05, 3.63) is 24.8 Å². The highest BCUT2D eigenvalue weighted by atomic mass is 35.5. The molecule has 172 valence electrons. The zero-order valence-electron chi connectivity index (χ0n) is 18.5. The molecule has 32 heavy (non-hydrogen) atoms. The second kappa shape index (κ2) is 10.1. The summed E-state index contributed by atoms with van der Waals surface area (Å²) in [4.78, 5) is 42.5. The first kappa shape index (κ1) is 23.6. The highest BCUT2D eigenvalue weighted by Gasteiger charge is 2.31. The summed E-state index contributed by atoms with van der Waals surface area (Å²) in [7, 11) is 1.49. The lowest BCUT2D eigenvalue weighted by Crippen LogP contribution is -2.46. The number of carbonyl (C=O) groups excluding carboxylic acids is 2. The molecule has 10 nitrogen and oxygen atoms in total. The van der Waals surface area contributed by atoms with Gasteiger partial charge in [0.15, 0.2) is 5.82 Å². The zero-order chi connectivity index (χ0) is 23.3. The second-order valence-corrected chi connectivity index (χ2v) is 8.82. The van der Waals surface area contributed by atoms with Crippen molar-refractivity contribution in [1.29, 1.82) is 0 Å². The van der Waals surface area contributed by atoms with E-state index in [1.807, 2.05) is 20.8 Å². The van der Waals surface area contributed by atoms with Crippen molar-refractivity contribution >= 4 is 28.9 Å². The Kier molecular flexibility index (Phi) is 7.44. The van der Waals surface area contributed by atoms with Gasteiger partial charge in [0.25, 0.3) is 0 Å². The molecule has 1 fully saturated rings. The van der Waals surface area contributed by atoms with Gasteiger partial charge in [0.1, 0.15) is 5.60 Å². The predicted molar refractivity (Wildman–Crippen MR) is 119 cm³/mol. The molecule has 3 rings (SSSR count). The summed E-state index contributed by atoms with van der Waals surface area (Å²) < 4.78 is 10.3. The van der Waals surface area contributed by atoms with Gasteiger partial charge < -0.3 is 14.8 Å². The average Bonchev–Trinajstić information content (AvgIpc) is 2.74. The zero-order valence-corrected chi connectivity index (χ0v) is 19.3. The van der Waals surface area contributed by atoms with Crippen LogP contribution in [0.1, 0.15) is 46.5 Å². The molecule has 0 bridgehead atoms. The quantitative estimate of drug-likeness (QED) is 0.524. The average molecular weight is 463 g/mol. The summed E-state index contributed by atoms with van der Waals surface area (Å²) in [5.41, 5.74) is 0.678. The lowest BCUT2D eigenvalue weighted by atomic mass is 9.90. The van der Waals surface area contributed by atoms with E-state index in [1.165, 1.54) is 18.2 Å². The molecular formula is C21H27ClN6O4. The van der Waals surface area contributed by atoms with Gasteiger partial charge >= 0.3 is 17.5 Å². The van der Waals surface area contributed by atoms with Crippen molar-refractivity contribution in [3.8, 4) is 17.3 Å². The highest BCUT2D eigenvalue weighted by Crippen LogP contribution is 2.28. The van der Waals surface area contributed by atoms with Gasteiger partial charge in [0, 0.05) is 30.0 Å². The topological polar surface area (TPSA) is 119 Å². The number of anilines is 1. The number of alkyl carbamates (subject to hydrolysis) is 1. The van der Waals surface area contributed by atoms with Crippen molar-refractivity contribution in [2.45, 2.75) is 64.1 Å². The Morgan fingerprint density at radius 1 is 1.03 bits per heavy atom. The van der Waals surface area contributed by atoms with Crippen molar-refractivity contribution in [3.63, 3.8) is 0 Å². The lowest BCUT2D eigenvalue weighted by Gasteiger charge is -2.35. The maximum Gasteiger partial charge on any atom is 0.407 e. The summed E-state index contributed by atoms with van der Waals surface area (Å²) in [5, 5.41) is 2.27. The highest BCUT2D eigenvalue weighted by molar-refractivity contribution is 6.66. The molecule has 0 unspecified atom stereocenters. The normalized spacial score (nSPS) is 18.5. The SMILES string of the molecule is COc1ncc(-c2cnc(N(C(=O)Cl)[C@H]3CC[C@H](NC(=O)OC(C)(C)C)CC3)cn2)cn1. The van der Waals surface area contributed by atoms with Crippen LogP contribution >= 0.6 is 11.6 Å². The fourth-order valence-corrected chi connectivity index (χ4v) is 3.75. The molecule has 2 aromatic heterocycles. The number of methoxy groups -OCH3 is 1. The van der Waals surface area contributed by atoms with Crippen molar-refractivity contribution < 1.29 is 19.1 Å². The molecule has 2 aromatic rings. The minimum Gasteiger partial charge on any atom is -0.467 e. The molecule has 0 radical (unpaired) electrons. The number of aromatic nitrogens is 4. The second-order valence-electron chi connectivity index (χ2n) is 8.49. The summed E-state index contributed by atoms with van der Waals surface area (Å²) in [6.07, 6.45) is 8.49. The van der Waals surface area contributed by atoms with Crippen LogP contribution in [0.4, 0.5) is 15.4 Å². The first-order valence-electron chi connectivity index (χ1n) is 10.3. The molecule has 1 aliphatic carbocycles. The molecule has 1 aliphatic rings. The van der Waals surface area contributed by atoms with Gasteiger partial charge in [-0.2, -0.15) is 0 Å². The minimum atomic E-state index is -0.622. The van der Waals surface area contributed by atoms with Crippen LogP contribution in [0.2, 0.25) is 0 Å². The Morgan fingerprint density at radius 2 is 1.69 bits per heavy atom. The minimum absolute atomic E-state index is 0.0168. The molecule has 0 atom stereocenters. The van der Waals surface area contributed by atoms with Crippen LogP contribution in [0.5, 0.6) is 6.01 Å². The fraction of sp³-hybridized carbons (Fsp3) is 0.524. The Morgan fingerprint density at radius 3 is 2.19 bits per heavy atom. The summed E-state index contributed by atoms with van der Waals surface area (Å²) in [6, 6.07) is 0.104. The Labute approximate surface area is 191 Å². The maximum atomic E-state index is 12.2. The summed E-state index contributed by atoms with van der Waals surface area (Å²) in [6.45, 7) is 5.46. The Bertz CT molecular complexity index is 925. The number of nitrogens with zero attached hydrogens (tertiary/aromatic N) is 5. The van der Waals surface area contributed by atoms with Crippen LogP contribution in [-0.4, -0.2) is 56.2 Å².